The van der Waals surface area contributed by atoms with Crippen molar-refractivity contribution >= 4 is 0 Å². The average Bonchev–Trinajstić information content (AvgIpc) is 1.95. The van der Waals surface area contributed by atoms with Crippen molar-refractivity contribution in [1.82, 2.24) is 0 Å². The van der Waals surface area contributed by atoms with E-state index in [0.29, 0.717) is 5.92 Å². The Morgan fingerprint density at radius 1 is 1.20 bits per heavy atom. The van der Waals surface area contributed by atoms with Crippen molar-refractivity contribution in [3.63, 3.8) is 0 Å². The van der Waals surface area contributed by atoms with Crippen LogP contribution in [0.4, 0.5) is 4.39 Å². The maximum atomic E-state index is 14.1. The Bertz CT molecular complexity index is 205. The molecule has 0 aromatic carbocycles. The van der Waals surface area contributed by atoms with Crippen molar-refractivity contribution in [2.24, 2.45) is 23.7 Å². The Kier molecular flexibility index (Phi) is 3.10. The first-order valence-corrected chi connectivity index (χ1v) is 6.67. The predicted molar refractivity (Wildman–Crippen MR) is 62.5 cm³/mol. The Morgan fingerprint density at radius 3 is 2.20 bits per heavy atom. The molecule has 0 radical (unpaired) electrons. The van der Waals surface area contributed by atoms with Gasteiger partial charge in [0.15, 0.2) is 0 Å². The second-order valence-corrected chi connectivity index (χ2v) is 6.54. The van der Waals surface area contributed by atoms with Crippen LogP contribution in [-0.2, 0) is 0 Å². The minimum absolute atomic E-state index is 0.636. The van der Waals surface area contributed by atoms with Gasteiger partial charge in [0.1, 0.15) is 5.67 Å². The normalized spacial score (nSPS) is 37.0. The van der Waals surface area contributed by atoms with Gasteiger partial charge in [-0.05, 0) is 69.1 Å². The first-order valence-electron chi connectivity index (χ1n) is 6.67. The van der Waals surface area contributed by atoms with Crippen LogP contribution in [0.5, 0.6) is 0 Å². The fourth-order valence-electron chi connectivity index (χ4n) is 3.05. The second kappa shape index (κ2) is 4.07. The van der Waals surface area contributed by atoms with Gasteiger partial charge >= 0.3 is 0 Å². The standard InChI is InChI=1S/C14H25F/c1-10(2)4-6-14(3,15)7-5-13-11-8-12(13)9-11/h10-13H,4-9H2,1-3H3. The fraction of sp³-hybridized carbons (Fsp3) is 1.00. The largest absolute Gasteiger partial charge is 0.244 e. The van der Waals surface area contributed by atoms with Crippen LogP contribution in [0, 0.1) is 23.7 Å². The summed E-state index contributed by atoms with van der Waals surface area (Å²) in [4.78, 5) is 0. The van der Waals surface area contributed by atoms with E-state index in [2.05, 4.69) is 13.8 Å². The second-order valence-electron chi connectivity index (χ2n) is 6.54. The molecular weight excluding hydrogens is 187 g/mol. The van der Waals surface area contributed by atoms with Gasteiger partial charge in [-0.3, -0.25) is 0 Å². The van der Waals surface area contributed by atoms with Gasteiger partial charge in [0.05, 0.1) is 0 Å². The summed E-state index contributed by atoms with van der Waals surface area (Å²) in [5.74, 6) is 3.54. The summed E-state index contributed by atoms with van der Waals surface area (Å²) < 4.78 is 14.1. The van der Waals surface area contributed by atoms with E-state index in [-0.39, 0.29) is 0 Å². The van der Waals surface area contributed by atoms with Crippen molar-refractivity contribution in [1.29, 1.82) is 0 Å². The summed E-state index contributed by atoms with van der Waals surface area (Å²) in [5.41, 5.74) is -0.897. The van der Waals surface area contributed by atoms with E-state index >= 15 is 0 Å². The Balaban J connectivity index is 1.63. The molecule has 1 unspecified atom stereocenters. The van der Waals surface area contributed by atoms with Crippen LogP contribution >= 0.6 is 0 Å². The quantitative estimate of drug-likeness (QED) is 0.604. The van der Waals surface area contributed by atoms with Crippen LogP contribution in [-0.4, -0.2) is 5.67 Å². The van der Waals surface area contributed by atoms with Gasteiger partial charge in [-0.1, -0.05) is 13.8 Å². The maximum absolute atomic E-state index is 14.1. The van der Waals surface area contributed by atoms with Gasteiger partial charge in [-0.25, -0.2) is 4.39 Å². The fourth-order valence-corrected chi connectivity index (χ4v) is 3.05. The Morgan fingerprint density at radius 2 is 1.80 bits per heavy atom. The molecule has 0 spiro atoms. The lowest BCUT2D eigenvalue weighted by atomic mass is 9.47. The number of alkyl halides is 1. The Hall–Kier alpha value is -0.0700. The highest BCUT2D eigenvalue weighted by Crippen LogP contribution is 2.60. The molecule has 2 bridgehead atoms. The third-order valence-electron chi connectivity index (χ3n) is 4.66. The molecule has 0 N–H and O–H groups in total. The zero-order valence-electron chi connectivity index (χ0n) is 10.4. The molecular formula is C14H25F. The molecule has 1 atom stereocenters. The van der Waals surface area contributed by atoms with E-state index < -0.39 is 5.67 Å². The topological polar surface area (TPSA) is 0 Å². The lowest BCUT2D eigenvalue weighted by Crippen LogP contribution is -2.50. The highest BCUT2D eigenvalue weighted by molar-refractivity contribution is 5.01. The predicted octanol–water partition coefficient (Wildman–Crippen LogP) is 4.59. The summed E-state index contributed by atoms with van der Waals surface area (Å²) in [6.45, 7) is 6.16. The van der Waals surface area contributed by atoms with Crippen LogP contribution in [0.2, 0.25) is 0 Å². The Labute approximate surface area is 93.6 Å². The molecule has 0 aliphatic heterocycles. The minimum Gasteiger partial charge on any atom is -0.244 e. The molecule has 0 heterocycles. The molecule has 0 aromatic heterocycles. The molecule has 0 saturated heterocycles. The molecule has 3 aliphatic carbocycles. The first-order chi connectivity index (χ1) is 6.98. The van der Waals surface area contributed by atoms with Gasteiger partial charge < -0.3 is 0 Å². The van der Waals surface area contributed by atoms with Gasteiger partial charge in [-0.2, -0.15) is 0 Å². The van der Waals surface area contributed by atoms with Crippen LogP contribution < -0.4 is 0 Å². The SMILES string of the molecule is CC(C)CCC(C)(F)CCC1C2CC1C2. The highest BCUT2D eigenvalue weighted by atomic mass is 19.1. The van der Waals surface area contributed by atoms with Gasteiger partial charge in [0.2, 0.25) is 0 Å². The first kappa shape index (κ1) is 11.4. The number of hydrogen-bond acceptors (Lipinski definition) is 0. The van der Waals surface area contributed by atoms with Gasteiger partial charge in [-0.15, -0.1) is 0 Å². The molecule has 0 amide bonds. The van der Waals surface area contributed by atoms with E-state index in [1.165, 1.54) is 12.8 Å². The van der Waals surface area contributed by atoms with Crippen LogP contribution in [0.15, 0.2) is 0 Å². The highest BCUT2D eigenvalue weighted by Gasteiger charge is 2.51. The zero-order valence-corrected chi connectivity index (χ0v) is 10.4. The third-order valence-corrected chi connectivity index (χ3v) is 4.66. The molecule has 15 heavy (non-hydrogen) atoms. The van der Waals surface area contributed by atoms with Crippen molar-refractivity contribution in [3.05, 3.63) is 0 Å². The van der Waals surface area contributed by atoms with Crippen LogP contribution in [0.25, 0.3) is 0 Å². The summed E-state index contributed by atoms with van der Waals surface area (Å²) >= 11 is 0. The summed E-state index contributed by atoms with van der Waals surface area (Å²) in [6, 6.07) is 0. The van der Waals surface area contributed by atoms with Crippen LogP contribution in [0.1, 0.15) is 59.3 Å². The van der Waals surface area contributed by atoms with Gasteiger partial charge in [0.25, 0.3) is 0 Å². The molecule has 1 heteroatoms. The van der Waals surface area contributed by atoms with E-state index in [1.54, 1.807) is 6.92 Å². The lowest BCUT2D eigenvalue weighted by molar-refractivity contribution is -0.0917. The molecule has 0 nitrogen and oxygen atoms in total. The van der Waals surface area contributed by atoms with Crippen molar-refractivity contribution < 1.29 is 4.39 Å². The smallest absolute Gasteiger partial charge is 0.108 e. The van der Waals surface area contributed by atoms with Crippen LogP contribution in [0.3, 0.4) is 0 Å². The molecule has 0 aromatic rings. The van der Waals surface area contributed by atoms with E-state index in [1.807, 2.05) is 0 Å². The van der Waals surface area contributed by atoms with Crippen molar-refractivity contribution in [3.8, 4) is 0 Å². The van der Waals surface area contributed by atoms with E-state index in [9.17, 15) is 4.39 Å². The van der Waals surface area contributed by atoms with Crippen molar-refractivity contribution in [2.75, 3.05) is 0 Å². The molecule has 3 fully saturated rings. The van der Waals surface area contributed by atoms with E-state index in [4.69, 9.17) is 0 Å². The summed E-state index contributed by atoms with van der Waals surface area (Å²) in [6.07, 6.45) is 6.66. The molecule has 3 rings (SSSR count). The summed E-state index contributed by atoms with van der Waals surface area (Å²) in [7, 11) is 0. The molecule has 3 aliphatic rings. The number of hydrogen-bond donors (Lipinski definition) is 0. The van der Waals surface area contributed by atoms with Gasteiger partial charge in [0, 0.05) is 0 Å². The average molecular weight is 212 g/mol. The number of rotatable bonds is 6. The molecule has 3 saturated carbocycles. The number of halogens is 1. The third kappa shape index (κ3) is 2.54. The monoisotopic (exact) mass is 212 g/mol. The molecule has 88 valence electrons. The maximum Gasteiger partial charge on any atom is 0.108 e. The summed E-state index contributed by atoms with van der Waals surface area (Å²) in [5, 5.41) is 0. The van der Waals surface area contributed by atoms with Crippen molar-refractivity contribution in [2.45, 2.75) is 65.0 Å². The zero-order chi connectivity index (χ0) is 11.1. The lowest BCUT2D eigenvalue weighted by Gasteiger charge is -2.59. The minimum atomic E-state index is -0.897. The van der Waals surface area contributed by atoms with E-state index in [0.717, 1.165) is 43.4 Å².